The molecule has 1 atom stereocenters. The van der Waals surface area contributed by atoms with Crippen LogP contribution in [-0.4, -0.2) is 91.3 Å². The van der Waals surface area contributed by atoms with E-state index in [1.807, 2.05) is 18.7 Å². The van der Waals surface area contributed by atoms with E-state index in [-0.39, 0.29) is 29.2 Å². The fourth-order valence-corrected chi connectivity index (χ4v) is 3.57. The number of likely N-dealkylation sites (tertiary alicyclic amines) is 1. The van der Waals surface area contributed by atoms with Gasteiger partial charge in [0.15, 0.2) is 0 Å². The van der Waals surface area contributed by atoms with Gasteiger partial charge in [-0.25, -0.2) is 4.79 Å². The number of carbonyl (C=O) groups excluding carboxylic acids is 3. The Morgan fingerprint density at radius 2 is 1.65 bits per heavy atom. The Kier molecular flexibility index (Phi) is 4.87. The summed E-state index contributed by atoms with van der Waals surface area (Å²) in [5.74, 6) is 0.0876. The highest BCUT2D eigenvalue weighted by molar-refractivity contribution is 5.81. The lowest BCUT2D eigenvalue weighted by Gasteiger charge is -2.34. The van der Waals surface area contributed by atoms with Crippen molar-refractivity contribution in [3.8, 4) is 0 Å². The highest BCUT2D eigenvalue weighted by Gasteiger charge is 2.47. The molecule has 2 rings (SSSR count). The Bertz CT molecular complexity index is 474. The minimum absolute atomic E-state index is 0.0646. The van der Waals surface area contributed by atoms with Gasteiger partial charge in [0.25, 0.3) is 0 Å². The zero-order valence-corrected chi connectivity index (χ0v) is 14.8. The molecule has 4 amide bonds. The van der Waals surface area contributed by atoms with Gasteiger partial charge in [0.2, 0.25) is 11.8 Å². The Morgan fingerprint density at radius 1 is 1.09 bits per heavy atom. The van der Waals surface area contributed by atoms with Crippen LogP contribution >= 0.6 is 0 Å². The number of amides is 4. The number of nitrogens with zero attached hydrogens (tertiary/aromatic N) is 4. The fourth-order valence-electron chi connectivity index (χ4n) is 3.57. The van der Waals surface area contributed by atoms with Gasteiger partial charge >= 0.3 is 6.03 Å². The van der Waals surface area contributed by atoms with Crippen molar-refractivity contribution in [3.63, 3.8) is 0 Å². The molecule has 23 heavy (non-hydrogen) atoms. The molecule has 0 aromatic heterocycles. The predicted molar refractivity (Wildman–Crippen MR) is 86.8 cm³/mol. The van der Waals surface area contributed by atoms with Gasteiger partial charge in [0.1, 0.15) is 0 Å². The number of carbonyl (C=O) groups is 3. The maximum absolute atomic E-state index is 12.5. The van der Waals surface area contributed by atoms with Crippen LogP contribution < -0.4 is 0 Å². The molecule has 2 saturated heterocycles. The van der Waals surface area contributed by atoms with E-state index in [1.165, 1.54) is 0 Å². The van der Waals surface area contributed by atoms with E-state index in [0.717, 1.165) is 0 Å². The van der Waals surface area contributed by atoms with Crippen LogP contribution in [0, 0.1) is 11.3 Å². The molecule has 2 heterocycles. The molecule has 0 aromatic carbocycles. The van der Waals surface area contributed by atoms with Crippen LogP contribution in [-0.2, 0) is 9.59 Å². The van der Waals surface area contributed by atoms with Crippen LogP contribution in [0.5, 0.6) is 0 Å². The van der Waals surface area contributed by atoms with Gasteiger partial charge in [0, 0.05) is 71.6 Å². The van der Waals surface area contributed by atoms with Gasteiger partial charge in [-0.1, -0.05) is 13.8 Å². The molecular formula is C16H28N4O3. The van der Waals surface area contributed by atoms with E-state index in [0.29, 0.717) is 39.1 Å². The standard InChI is InChI=1S/C16H28N4O3/c1-12(2)14(22)19-6-7-20(15(23)17(3)4)11-16(10-19)8-13(21)18(5)9-16/h12H,6-11H2,1-5H3/t16-/m1/s1. The Labute approximate surface area is 138 Å². The molecule has 7 heteroatoms. The lowest BCUT2D eigenvalue weighted by Crippen LogP contribution is -2.47. The summed E-state index contributed by atoms with van der Waals surface area (Å²) in [6, 6.07) is -0.0646. The molecule has 0 unspecified atom stereocenters. The molecule has 0 aliphatic carbocycles. The van der Waals surface area contributed by atoms with Crippen molar-refractivity contribution < 1.29 is 14.4 Å². The molecule has 0 saturated carbocycles. The molecule has 2 aliphatic heterocycles. The summed E-state index contributed by atoms with van der Waals surface area (Å²) in [6.07, 6.45) is 0.391. The van der Waals surface area contributed by atoms with Crippen LogP contribution in [0.15, 0.2) is 0 Å². The predicted octanol–water partition coefficient (Wildman–Crippen LogP) is 0.317. The van der Waals surface area contributed by atoms with Crippen molar-refractivity contribution in [1.82, 2.24) is 19.6 Å². The first kappa shape index (κ1) is 17.6. The summed E-state index contributed by atoms with van der Waals surface area (Å²) >= 11 is 0. The van der Waals surface area contributed by atoms with Crippen LogP contribution in [0.4, 0.5) is 4.79 Å². The summed E-state index contributed by atoms with van der Waals surface area (Å²) in [7, 11) is 5.24. The molecule has 0 aromatic rings. The minimum atomic E-state index is -0.363. The third kappa shape index (κ3) is 3.59. The van der Waals surface area contributed by atoms with Gasteiger partial charge in [-0.2, -0.15) is 0 Å². The van der Waals surface area contributed by atoms with Crippen molar-refractivity contribution >= 4 is 17.8 Å². The first-order valence-electron chi connectivity index (χ1n) is 8.14. The second-order valence-electron chi connectivity index (χ2n) is 7.44. The van der Waals surface area contributed by atoms with E-state index < -0.39 is 0 Å². The van der Waals surface area contributed by atoms with Crippen LogP contribution in [0.25, 0.3) is 0 Å². The monoisotopic (exact) mass is 324 g/mol. The topological polar surface area (TPSA) is 64.2 Å². The Morgan fingerprint density at radius 3 is 2.13 bits per heavy atom. The quantitative estimate of drug-likeness (QED) is 0.698. The van der Waals surface area contributed by atoms with Gasteiger partial charge < -0.3 is 19.6 Å². The SMILES string of the molecule is CC(C)C(=O)N1CCN(C(=O)N(C)C)C[C@@]2(CC(=O)N(C)C2)C1. The number of rotatable bonds is 1. The second-order valence-corrected chi connectivity index (χ2v) is 7.44. The molecule has 2 fully saturated rings. The van der Waals surface area contributed by atoms with Crippen LogP contribution in [0.3, 0.4) is 0 Å². The van der Waals surface area contributed by atoms with Crippen molar-refractivity contribution in [1.29, 1.82) is 0 Å². The number of hydrogen-bond donors (Lipinski definition) is 0. The maximum Gasteiger partial charge on any atom is 0.319 e. The Balaban J connectivity index is 2.28. The molecule has 130 valence electrons. The summed E-state index contributed by atoms with van der Waals surface area (Å²) in [4.78, 5) is 43.9. The smallest absolute Gasteiger partial charge is 0.319 e. The normalized spacial score (nSPS) is 25.3. The zero-order valence-electron chi connectivity index (χ0n) is 14.8. The van der Waals surface area contributed by atoms with Gasteiger partial charge in [-0.15, -0.1) is 0 Å². The Hall–Kier alpha value is -1.79. The van der Waals surface area contributed by atoms with Crippen molar-refractivity contribution in [2.24, 2.45) is 11.3 Å². The molecule has 1 spiro atoms. The molecule has 2 aliphatic rings. The second kappa shape index (κ2) is 6.37. The maximum atomic E-state index is 12.5. The summed E-state index contributed by atoms with van der Waals surface area (Å²) in [5.41, 5.74) is -0.363. The first-order chi connectivity index (χ1) is 10.6. The third-order valence-corrected chi connectivity index (χ3v) is 4.68. The van der Waals surface area contributed by atoms with E-state index >= 15 is 0 Å². The molecule has 0 radical (unpaired) electrons. The summed E-state index contributed by atoms with van der Waals surface area (Å²) < 4.78 is 0. The summed E-state index contributed by atoms with van der Waals surface area (Å²) in [6.45, 7) is 6.44. The molecular weight excluding hydrogens is 296 g/mol. The average Bonchev–Trinajstić information content (AvgIpc) is 2.64. The fraction of sp³-hybridized carbons (Fsp3) is 0.812. The van der Waals surface area contributed by atoms with Gasteiger partial charge in [0.05, 0.1) is 0 Å². The largest absolute Gasteiger partial charge is 0.345 e. The van der Waals surface area contributed by atoms with E-state index in [2.05, 4.69) is 0 Å². The highest BCUT2D eigenvalue weighted by Crippen LogP contribution is 2.35. The minimum Gasteiger partial charge on any atom is -0.345 e. The van der Waals surface area contributed by atoms with Crippen molar-refractivity contribution in [3.05, 3.63) is 0 Å². The van der Waals surface area contributed by atoms with Crippen LogP contribution in [0.1, 0.15) is 20.3 Å². The van der Waals surface area contributed by atoms with Crippen molar-refractivity contribution in [2.75, 3.05) is 53.9 Å². The average molecular weight is 324 g/mol. The summed E-state index contributed by atoms with van der Waals surface area (Å²) in [5, 5.41) is 0. The third-order valence-electron chi connectivity index (χ3n) is 4.68. The number of urea groups is 1. The van der Waals surface area contributed by atoms with Crippen LogP contribution in [0.2, 0.25) is 0 Å². The lowest BCUT2D eigenvalue weighted by molar-refractivity contribution is -0.135. The first-order valence-corrected chi connectivity index (χ1v) is 8.14. The molecule has 7 nitrogen and oxygen atoms in total. The highest BCUT2D eigenvalue weighted by atomic mass is 16.2. The van der Waals surface area contributed by atoms with E-state index in [4.69, 9.17) is 0 Å². The number of hydrogen-bond acceptors (Lipinski definition) is 3. The lowest BCUT2D eigenvalue weighted by atomic mass is 9.85. The zero-order chi connectivity index (χ0) is 17.4. The van der Waals surface area contributed by atoms with Gasteiger partial charge in [-0.05, 0) is 0 Å². The molecule has 0 bridgehead atoms. The van der Waals surface area contributed by atoms with Gasteiger partial charge in [-0.3, -0.25) is 9.59 Å². The van der Waals surface area contributed by atoms with Crippen molar-refractivity contribution in [2.45, 2.75) is 20.3 Å². The van der Waals surface area contributed by atoms with E-state index in [9.17, 15) is 14.4 Å². The van der Waals surface area contributed by atoms with E-state index in [1.54, 1.807) is 35.8 Å². The molecule has 0 N–H and O–H groups in total.